The van der Waals surface area contributed by atoms with Gasteiger partial charge in [0.2, 0.25) is 0 Å². The highest BCUT2D eigenvalue weighted by Crippen LogP contribution is 2.13. The SMILES string of the molecule is CN(C)CCn1nc2n(c1=O)CCC(NC(=O)c1ccoc1)CC2. The summed E-state index contributed by atoms with van der Waals surface area (Å²) in [5.41, 5.74) is 0.455. The molecule has 0 radical (unpaired) electrons. The minimum Gasteiger partial charge on any atom is -0.472 e. The van der Waals surface area contributed by atoms with Crippen LogP contribution in [0.2, 0.25) is 0 Å². The molecule has 0 saturated carbocycles. The monoisotopic (exact) mass is 333 g/mol. The first-order chi connectivity index (χ1) is 11.5. The second kappa shape index (κ2) is 7.04. The van der Waals surface area contributed by atoms with Gasteiger partial charge in [0.15, 0.2) is 0 Å². The molecule has 24 heavy (non-hydrogen) atoms. The molecule has 130 valence electrons. The zero-order valence-electron chi connectivity index (χ0n) is 14.1. The molecule has 1 aliphatic heterocycles. The highest BCUT2D eigenvalue weighted by Gasteiger charge is 2.22. The van der Waals surface area contributed by atoms with Crippen molar-refractivity contribution in [3.8, 4) is 0 Å². The quantitative estimate of drug-likeness (QED) is 0.852. The first-order valence-corrected chi connectivity index (χ1v) is 8.19. The van der Waals surface area contributed by atoms with Gasteiger partial charge in [-0.3, -0.25) is 9.36 Å². The van der Waals surface area contributed by atoms with Crippen LogP contribution in [0, 0.1) is 0 Å². The van der Waals surface area contributed by atoms with E-state index in [0.29, 0.717) is 25.1 Å². The summed E-state index contributed by atoms with van der Waals surface area (Å²) in [5, 5.41) is 7.46. The van der Waals surface area contributed by atoms with E-state index >= 15 is 0 Å². The molecule has 1 N–H and O–H groups in total. The fourth-order valence-corrected chi connectivity index (χ4v) is 2.88. The van der Waals surface area contributed by atoms with Gasteiger partial charge in [-0.1, -0.05) is 0 Å². The van der Waals surface area contributed by atoms with Crippen molar-refractivity contribution in [3.05, 3.63) is 40.5 Å². The normalized spacial score (nSPS) is 17.5. The van der Waals surface area contributed by atoms with Crippen LogP contribution in [-0.2, 0) is 19.5 Å². The molecule has 0 aliphatic carbocycles. The Balaban J connectivity index is 1.63. The number of carbonyl (C=O) groups excluding carboxylic acids is 1. The lowest BCUT2D eigenvalue weighted by Crippen LogP contribution is -2.35. The van der Waals surface area contributed by atoms with Crippen LogP contribution >= 0.6 is 0 Å². The van der Waals surface area contributed by atoms with Gasteiger partial charge in [-0.05, 0) is 33.0 Å². The van der Waals surface area contributed by atoms with Gasteiger partial charge >= 0.3 is 5.69 Å². The lowest BCUT2D eigenvalue weighted by molar-refractivity contribution is 0.0932. The number of fused-ring (bicyclic) bond motifs is 1. The third-order valence-electron chi connectivity index (χ3n) is 4.29. The van der Waals surface area contributed by atoms with Crippen LogP contribution in [0.4, 0.5) is 0 Å². The number of amides is 1. The van der Waals surface area contributed by atoms with Gasteiger partial charge in [-0.25, -0.2) is 9.48 Å². The van der Waals surface area contributed by atoms with Crippen molar-refractivity contribution in [2.75, 3.05) is 20.6 Å². The molecule has 8 heteroatoms. The Kier molecular flexibility index (Phi) is 4.84. The summed E-state index contributed by atoms with van der Waals surface area (Å²) < 4.78 is 8.21. The zero-order chi connectivity index (χ0) is 17.1. The second-order valence-electron chi connectivity index (χ2n) is 6.39. The van der Waals surface area contributed by atoms with Crippen molar-refractivity contribution < 1.29 is 9.21 Å². The first-order valence-electron chi connectivity index (χ1n) is 8.19. The summed E-state index contributed by atoms with van der Waals surface area (Å²) in [5.74, 6) is 0.663. The second-order valence-corrected chi connectivity index (χ2v) is 6.39. The molecule has 0 bridgehead atoms. The Bertz CT molecular complexity index is 744. The molecular formula is C16H23N5O3. The predicted molar refractivity (Wildman–Crippen MR) is 87.9 cm³/mol. The van der Waals surface area contributed by atoms with E-state index in [4.69, 9.17) is 4.42 Å². The molecule has 0 spiro atoms. The van der Waals surface area contributed by atoms with Crippen LogP contribution < -0.4 is 11.0 Å². The minimum absolute atomic E-state index is 0.0312. The molecule has 0 saturated heterocycles. The number of hydrogen-bond acceptors (Lipinski definition) is 5. The Morgan fingerprint density at radius 3 is 3.00 bits per heavy atom. The van der Waals surface area contributed by atoms with Crippen LogP contribution in [0.15, 0.2) is 27.8 Å². The number of carbonyl (C=O) groups is 1. The number of nitrogens with one attached hydrogen (secondary N) is 1. The number of nitrogens with zero attached hydrogens (tertiary/aromatic N) is 4. The number of aromatic nitrogens is 3. The van der Waals surface area contributed by atoms with E-state index in [0.717, 1.165) is 25.2 Å². The Morgan fingerprint density at radius 1 is 1.46 bits per heavy atom. The molecule has 0 fully saturated rings. The number of likely N-dealkylation sites (N-methyl/N-ethyl adjacent to an activating group) is 1. The van der Waals surface area contributed by atoms with E-state index < -0.39 is 0 Å². The Hall–Kier alpha value is -2.35. The summed E-state index contributed by atoms with van der Waals surface area (Å²) in [6, 6.07) is 1.67. The van der Waals surface area contributed by atoms with E-state index in [1.54, 1.807) is 15.3 Å². The third kappa shape index (κ3) is 3.59. The summed E-state index contributed by atoms with van der Waals surface area (Å²) in [4.78, 5) is 26.6. The summed E-state index contributed by atoms with van der Waals surface area (Å²) in [6.07, 6.45) is 5.08. The molecule has 1 amide bonds. The van der Waals surface area contributed by atoms with E-state index in [1.807, 2.05) is 19.0 Å². The van der Waals surface area contributed by atoms with Gasteiger partial charge < -0.3 is 14.6 Å². The van der Waals surface area contributed by atoms with Gasteiger partial charge in [0.05, 0.1) is 18.4 Å². The molecule has 1 aliphatic rings. The molecular weight excluding hydrogens is 310 g/mol. The molecule has 8 nitrogen and oxygen atoms in total. The first kappa shape index (κ1) is 16.5. The van der Waals surface area contributed by atoms with E-state index in [-0.39, 0.29) is 17.6 Å². The summed E-state index contributed by atoms with van der Waals surface area (Å²) in [7, 11) is 3.94. The maximum absolute atomic E-state index is 12.4. The smallest absolute Gasteiger partial charge is 0.345 e. The van der Waals surface area contributed by atoms with Crippen molar-refractivity contribution in [1.82, 2.24) is 24.6 Å². The van der Waals surface area contributed by atoms with E-state index in [1.165, 1.54) is 12.5 Å². The van der Waals surface area contributed by atoms with Crippen LogP contribution in [0.5, 0.6) is 0 Å². The molecule has 1 atom stereocenters. The van der Waals surface area contributed by atoms with E-state index in [9.17, 15) is 9.59 Å². The van der Waals surface area contributed by atoms with Crippen molar-refractivity contribution in [2.24, 2.45) is 0 Å². The summed E-state index contributed by atoms with van der Waals surface area (Å²) >= 11 is 0. The minimum atomic E-state index is -0.142. The van der Waals surface area contributed by atoms with Crippen molar-refractivity contribution in [2.45, 2.75) is 38.4 Å². The van der Waals surface area contributed by atoms with Gasteiger partial charge in [-0.2, -0.15) is 5.10 Å². The lowest BCUT2D eigenvalue weighted by atomic mass is 10.1. The molecule has 3 rings (SSSR count). The highest BCUT2D eigenvalue weighted by atomic mass is 16.3. The van der Waals surface area contributed by atoms with Crippen LogP contribution in [0.3, 0.4) is 0 Å². The predicted octanol–water partition coefficient (Wildman–Crippen LogP) is 0.334. The topological polar surface area (TPSA) is 85.3 Å². The number of rotatable bonds is 5. The fourth-order valence-electron chi connectivity index (χ4n) is 2.88. The van der Waals surface area contributed by atoms with Gasteiger partial charge in [0.25, 0.3) is 5.91 Å². The maximum atomic E-state index is 12.4. The van der Waals surface area contributed by atoms with Crippen molar-refractivity contribution in [3.63, 3.8) is 0 Å². The van der Waals surface area contributed by atoms with Crippen LogP contribution in [0.25, 0.3) is 0 Å². The number of hydrogen-bond donors (Lipinski definition) is 1. The zero-order valence-corrected chi connectivity index (χ0v) is 14.1. The Labute approximate surface area is 140 Å². The highest BCUT2D eigenvalue weighted by molar-refractivity contribution is 5.93. The largest absolute Gasteiger partial charge is 0.472 e. The van der Waals surface area contributed by atoms with Gasteiger partial charge in [-0.15, -0.1) is 0 Å². The fraction of sp³-hybridized carbons (Fsp3) is 0.562. The standard InChI is InChI=1S/C16H23N5O3/c1-19(2)8-9-21-16(23)20-7-5-13(3-4-14(20)18-21)17-15(22)12-6-10-24-11-12/h6,10-11,13H,3-5,7-9H2,1-2H3,(H,17,22). The third-order valence-corrected chi connectivity index (χ3v) is 4.29. The number of furan rings is 1. The Morgan fingerprint density at radius 2 is 2.29 bits per heavy atom. The average molecular weight is 333 g/mol. The van der Waals surface area contributed by atoms with E-state index in [2.05, 4.69) is 10.4 Å². The maximum Gasteiger partial charge on any atom is 0.345 e. The van der Waals surface area contributed by atoms with Gasteiger partial charge in [0.1, 0.15) is 12.1 Å². The lowest BCUT2D eigenvalue weighted by Gasteiger charge is -2.15. The molecule has 3 heterocycles. The van der Waals surface area contributed by atoms with Crippen molar-refractivity contribution >= 4 is 5.91 Å². The van der Waals surface area contributed by atoms with Gasteiger partial charge in [0, 0.05) is 25.6 Å². The molecule has 2 aromatic rings. The number of aryl methyl sites for hydroxylation is 1. The van der Waals surface area contributed by atoms with Crippen LogP contribution in [-0.4, -0.2) is 51.8 Å². The average Bonchev–Trinajstić information content (AvgIpc) is 3.12. The molecule has 1 unspecified atom stereocenters. The summed E-state index contributed by atoms with van der Waals surface area (Å²) in [6.45, 7) is 1.94. The molecule has 2 aromatic heterocycles. The van der Waals surface area contributed by atoms with Crippen LogP contribution in [0.1, 0.15) is 29.0 Å². The van der Waals surface area contributed by atoms with Crippen molar-refractivity contribution in [1.29, 1.82) is 0 Å². The molecule has 0 aromatic carbocycles.